The molecular formula is C10H10N6O4. The molecule has 0 radical (unpaired) electrons. The molecule has 0 saturated carbocycles. The Morgan fingerprint density at radius 2 is 2.30 bits per heavy atom. The fourth-order valence-electron chi connectivity index (χ4n) is 1.51. The molecule has 0 aromatic carbocycles. The van der Waals surface area contributed by atoms with Gasteiger partial charge in [0.15, 0.2) is 0 Å². The van der Waals surface area contributed by atoms with Gasteiger partial charge in [-0.05, 0) is 6.92 Å². The first-order chi connectivity index (χ1) is 9.49. The second-order valence-corrected chi connectivity index (χ2v) is 3.92. The molecule has 1 atom stereocenters. The van der Waals surface area contributed by atoms with Crippen molar-refractivity contribution in [2.45, 2.75) is 13.0 Å². The molecule has 10 nitrogen and oxygen atoms in total. The minimum Gasteiger partial charge on any atom is -0.342 e. The van der Waals surface area contributed by atoms with Crippen molar-refractivity contribution >= 4 is 11.6 Å². The highest BCUT2D eigenvalue weighted by molar-refractivity contribution is 5.94. The number of aromatic nitrogens is 4. The van der Waals surface area contributed by atoms with Gasteiger partial charge >= 0.3 is 0 Å². The molecule has 0 spiro atoms. The van der Waals surface area contributed by atoms with E-state index in [0.29, 0.717) is 5.82 Å². The maximum atomic E-state index is 11.9. The highest BCUT2D eigenvalue weighted by Crippen LogP contribution is 2.10. The Hall–Kier alpha value is -3.04. The molecule has 2 rings (SSSR count). The van der Waals surface area contributed by atoms with Crippen LogP contribution in [0.25, 0.3) is 0 Å². The summed E-state index contributed by atoms with van der Waals surface area (Å²) in [7, 11) is 0. The number of nitrogens with zero attached hydrogens (tertiary/aromatic N) is 3. The third-order valence-corrected chi connectivity index (χ3v) is 2.53. The van der Waals surface area contributed by atoms with Gasteiger partial charge < -0.3 is 10.3 Å². The number of hydrogen-bond donors (Lipinski definition) is 3. The van der Waals surface area contributed by atoms with Crippen molar-refractivity contribution in [2.75, 3.05) is 0 Å². The SMILES string of the molecule is CC(NC(=O)c1cc([N+](=O)[O-])c[nH]c1=O)c1ncn[nH]1. The van der Waals surface area contributed by atoms with Crippen molar-refractivity contribution in [3.63, 3.8) is 0 Å². The first kappa shape index (κ1) is 13.4. The molecule has 0 saturated heterocycles. The summed E-state index contributed by atoms with van der Waals surface area (Å²) in [6, 6.07) is 0.394. The highest BCUT2D eigenvalue weighted by atomic mass is 16.6. The van der Waals surface area contributed by atoms with Crippen molar-refractivity contribution in [2.24, 2.45) is 0 Å². The van der Waals surface area contributed by atoms with Crippen LogP contribution in [-0.2, 0) is 0 Å². The summed E-state index contributed by atoms with van der Waals surface area (Å²) >= 11 is 0. The molecule has 10 heteroatoms. The Morgan fingerprint density at radius 1 is 1.55 bits per heavy atom. The number of aromatic amines is 2. The smallest absolute Gasteiger partial charge is 0.286 e. The van der Waals surface area contributed by atoms with Gasteiger partial charge in [0.1, 0.15) is 17.7 Å². The predicted molar refractivity (Wildman–Crippen MR) is 66.0 cm³/mol. The lowest BCUT2D eigenvalue weighted by Crippen LogP contribution is -2.32. The van der Waals surface area contributed by atoms with Crippen LogP contribution in [0, 0.1) is 10.1 Å². The molecule has 20 heavy (non-hydrogen) atoms. The molecular weight excluding hydrogens is 268 g/mol. The maximum Gasteiger partial charge on any atom is 0.286 e. The van der Waals surface area contributed by atoms with Crippen LogP contribution in [-0.4, -0.2) is 31.0 Å². The maximum absolute atomic E-state index is 11.9. The quantitative estimate of drug-likeness (QED) is 0.525. The van der Waals surface area contributed by atoms with E-state index in [1.165, 1.54) is 6.33 Å². The first-order valence-electron chi connectivity index (χ1n) is 5.52. The Balaban J connectivity index is 2.23. The lowest BCUT2D eigenvalue weighted by atomic mass is 10.2. The first-order valence-corrected chi connectivity index (χ1v) is 5.52. The molecule has 0 fully saturated rings. The largest absolute Gasteiger partial charge is 0.342 e. The van der Waals surface area contributed by atoms with Gasteiger partial charge in [-0.2, -0.15) is 5.10 Å². The second kappa shape index (κ2) is 5.30. The molecule has 2 heterocycles. The van der Waals surface area contributed by atoms with E-state index in [1.807, 2.05) is 0 Å². The number of hydrogen-bond acceptors (Lipinski definition) is 6. The molecule has 0 bridgehead atoms. The lowest BCUT2D eigenvalue weighted by molar-refractivity contribution is -0.385. The summed E-state index contributed by atoms with van der Waals surface area (Å²) < 4.78 is 0. The number of carbonyl (C=O) groups excluding carboxylic acids is 1. The minimum absolute atomic E-state index is 0.342. The van der Waals surface area contributed by atoms with Crippen LogP contribution in [0.4, 0.5) is 5.69 Å². The van der Waals surface area contributed by atoms with E-state index < -0.39 is 22.4 Å². The molecule has 1 unspecified atom stereocenters. The van der Waals surface area contributed by atoms with Crippen molar-refractivity contribution in [3.8, 4) is 0 Å². The van der Waals surface area contributed by atoms with Gasteiger partial charge in [-0.15, -0.1) is 0 Å². The van der Waals surface area contributed by atoms with Gasteiger partial charge in [-0.3, -0.25) is 24.8 Å². The summed E-state index contributed by atoms with van der Waals surface area (Å²) in [5.41, 5.74) is -1.43. The van der Waals surface area contributed by atoms with Crippen LogP contribution in [0.1, 0.15) is 29.1 Å². The van der Waals surface area contributed by atoms with Crippen molar-refractivity contribution in [3.05, 3.63) is 50.4 Å². The lowest BCUT2D eigenvalue weighted by Gasteiger charge is -2.10. The summed E-state index contributed by atoms with van der Waals surface area (Å²) in [6.07, 6.45) is 2.21. The van der Waals surface area contributed by atoms with E-state index in [4.69, 9.17) is 0 Å². The highest BCUT2D eigenvalue weighted by Gasteiger charge is 2.19. The van der Waals surface area contributed by atoms with E-state index in [0.717, 1.165) is 12.3 Å². The van der Waals surface area contributed by atoms with Gasteiger partial charge in [0.2, 0.25) is 0 Å². The Kier molecular flexibility index (Phi) is 3.55. The topological polar surface area (TPSA) is 147 Å². The molecule has 104 valence electrons. The summed E-state index contributed by atoms with van der Waals surface area (Å²) in [5.74, 6) is -0.334. The zero-order valence-electron chi connectivity index (χ0n) is 10.3. The number of pyridine rings is 1. The van der Waals surface area contributed by atoms with Gasteiger partial charge in [-0.25, -0.2) is 4.98 Å². The van der Waals surface area contributed by atoms with Crippen LogP contribution in [0.5, 0.6) is 0 Å². The van der Waals surface area contributed by atoms with Gasteiger partial charge in [0.25, 0.3) is 17.2 Å². The number of amides is 1. The number of rotatable bonds is 4. The Bertz CT molecular complexity index is 692. The average Bonchev–Trinajstić information content (AvgIpc) is 2.92. The summed E-state index contributed by atoms with van der Waals surface area (Å²) in [4.78, 5) is 39.4. The molecule has 2 aromatic heterocycles. The minimum atomic E-state index is -0.737. The van der Waals surface area contributed by atoms with E-state index in [1.54, 1.807) is 6.92 Å². The van der Waals surface area contributed by atoms with E-state index in [2.05, 4.69) is 25.5 Å². The molecule has 0 aliphatic rings. The van der Waals surface area contributed by atoms with Crippen LogP contribution in [0.15, 0.2) is 23.4 Å². The van der Waals surface area contributed by atoms with Crippen LogP contribution < -0.4 is 10.9 Å². The fraction of sp³-hybridized carbons (Fsp3) is 0.200. The fourth-order valence-corrected chi connectivity index (χ4v) is 1.51. The molecule has 0 aliphatic carbocycles. The standard InChI is InChI=1S/C10H10N6O4/c1-5(8-12-4-13-15-8)14-10(18)7-2-6(16(19)20)3-11-9(7)17/h2-5H,1H3,(H,11,17)(H,14,18)(H,12,13,15). The van der Waals surface area contributed by atoms with Crippen LogP contribution in [0.2, 0.25) is 0 Å². The predicted octanol–water partition coefficient (Wildman–Crippen LogP) is -0.108. The van der Waals surface area contributed by atoms with Crippen molar-refractivity contribution in [1.82, 2.24) is 25.5 Å². The van der Waals surface area contributed by atoms with E-state index in [9.17, 15) is 19.7 Å². The van der Waals surface area contributed by atoms with Gasteiger partial charge in [0.05, 0.1) is 17.2 Å². The second-order valence-electron chi connectivity index (χ2n) is 3.92. The van der Waals surface area contributed by atoms with Gasteiger partial charge in [-0.1, -0.05) is 0 Å². The van der Waals surface area contributed by atoms with Gasteiger partial charge in [0, 0.05) is 6.07 Å². The third kappa shape index (κ3) is 2.68. The summed E-state index contributed by atoms with van der Waals surface area (Å²) in [6.45, 7) is 1.63. The molecule has 3 N–H and O–H groups in total. The van der Waals surface area contributed by atoms with E-state index in [-0.39, 0.29) is 11.3 Å². The normalized spacial score (nSPS) is 11.8. The average molecular weight is 278 g/mol. The van der Waals surface area contributed by atoms with Crippen molar-refractivity contribution in [1.29, 1.82) is 0 Å². The Labute approximate surface area is 111 Å². The molecule has 2 aromatic rings. The van der Waals surface area contributed by atoms with Crippen molar-refractivity contribution < 1.29 is 9.72 Å². The number of nitro groups is 1. The molecule has 1 amide bonds. The summed E-state index contributed by atoms with van der Waals surface area (Å²) in [5, 5.41) is 19.3. The monoisotopic (exact) mass is 278 g/mol. The van der Waals surface area contributed by atoms with Crippen LogP contribution in [0.3, 0.4) is 0 Å². The zero-order valence-corrected chi connectivity index (χ0v) is 10.3. The number of nitrogens with one attached hydrogen (secondary N) is 3. The number of carbonyl (C=O) groups is 1. The molecule has 0 aliphatic heterocycles. The third-order valence-electron chi connectivity index (χ3n) is 2.53. The zero-order chi connectivity index (χ0) is 14.7. The number of H-pyrrole nitrogens is 2. The Morgan fingerprint density at radius 3 is 2.90 bits per heavy atom. The van der Waals surface area contributed by atoms with Crippen LogP contribution >= 0.6 is 0 Å². The van der Waals surface area contributed by atoms with E-state index >= 15 is 0 Å².